The molecule has 3 rings (SSSR count). The van der Waals surface area contributed by atoms with Gasteiger partial charge in [-0.15, -0.1) is 0 Å². The van der Waals surface area contributed by atoms with Gasteiger partial charge in [0.15, 0.2) is 4.80 Å². The van der Waals surface area contributed by atoms with Crippen molar-refractivity contribution in [2.45, 2.75) is 20.3 Å². The van der Waals surface area contributed by atoms with Crippen LogP contribution in [0.25, 0.3) is 10.2 Å². The minimum atomic E-state index is -0.134. The molecule has 2 aromatic carbocycles. The predicted molar refractivity (Wildman–Crippen MR) is 97.5 cm³/mol. The summed E-state index contributed by atoms with van der Waals surface area (Å²) in [7, 11) is 3.56. The Morgan fingerprint density at radius 2 is 2.04 bits per heavy atom. The molecule has 0 aliphatic rings. The summed E-state index contributed by atoms with van der Waals surface area (Å²) in [5, 5.41) is 0. The van der Waals surface area contributed by atoms with Crippen molar-refractivity contribution < 1.29 is 9.53 Å². The zero-order valence-electron chi connectivity index (χ0n) is 14.3. The maximum absolute atomic E-state index is 12.4. The number of aryl methyl sites for hydroxylation is 3. The topological polar surface area (TPSA) is 43.6 Å². The average molecular weight is 340 g/mol. The molecule has 0 aliphatic carbocycles. The number of para-hydroxylation sites is 1. The van der Waals surface area contributed by atoms with Crippen LogP contribution >= 0.6 is 11.3 Å². The summed E-state index contributed by atoms with van der Waals surface area (Å²) < 4.78 is 8.38. The molecule has 1 aromatic heterocycles. The van der Waals surface area contributed by atoms with Crippen molar-refractivity contribution in [3.05, 3.63) is 57.9 Å². The Morgan fingerprint density at radius 1 is 1.25 bits per heavy atom. The summed E-state index contributed by atoms with van der Waals surface area (Å²) in [5.74, 6) is 0.652. The van der Waals surface area contributed by atoms with Gasteiger partial charge in [0.25, 0.3) is 5.91 Å². The Morgan fingerprint density at radius 3 is 2.79 bits per heavy atom. The predicted octanol–water partition coefficient (Wildman–Crippen LogP) is 3.54. The van der Waals surface area contributed by atoms with E-state index in [1.807, 2.05) is 49.7 Å². The minimum Gasteiger partial charge on any atom is -0.495 e. The number of ether oxygens (including phenoxy) is 1. The summed E-state index contributed by atoms with van der Waals surface area (Å²) in [6.07, 6.45) is 0.318. The van der Waals surface area contributed by atoms with Crippen LogP contribution in [0.5, 0.6) is 5.75 Å². The molecular formula is C19H20N2O2S. The minimum absolute atomic E-state index is 0.134. The van der Waals surface area contributed by atoms with Crippen molar-refractivity contribution in [2.75, 3.05) is 7.11 Å². The monoisotopic (exact) mass is 340 g/mol. The first-order valence-electron chi connectivity index (χ1n) is 7.76. The third kappa shape index (κ3) is 3.12. The lowest BCUT2D eigenvalue weighted by molar-refractivity contribution is -0.117. The number of rotatable bonds is 3. The Kier molecular flexibility index (Phi) is 4.53. The van der Waals surface area contributed by atoms with Crippen molar-refractivity contribution in [3.63, 3.8) is 0 Å². The average Bonchev–Trinajstić information content (AvgIpc) is 2.87. The van der Waals surface area contributed by atoms with E-state index in [1.54, 1.807) is 7.11 Å². The van der Waals surface area contributed by atoms with E-state index in [1.165, 1.54) is 11.3 Å². The van der Waals surface area contributed by atoms with Gasteiger partial charge in [-0.3, -0.25) is 4.79 Å². The van der Waals surface area contributed by atoms with Crippen molar-refractivity contribution in [1.82, 2.24) is 4.57 Å². The van der Waals surface area contributed by atoms with E-state index in [0.717, 1.165) is 32.7 Å². The summed E-state index contributed by atoms with van der Waals surface area (Å²) in [6, 6.07) is 12.0. The maximum Gasteiger partial charge on any atom is 0.252 e. The van der Waals surface area contributed by atoms with E-state index in [4.69, 9.17) is 4.74 Å². The van der Waals surface area contributed by atoms with Gasteiger partial charge in [-0.25, -0.2) is 0 Å². The smallest absolute Gasteiger partial charge is 0.252 e. The summed E-state index contributed by atoms with van der Waals surface area (Å²) in [4.78, 5) is 17.4. The zero-order chi connectivity index (χ0) is 17.3. The van der Waals surface area contributed by atoms with Crippen molar-refractivity contribution >= 4 is 27.5 Å². The van der Waals surface area contributed by atoms with Crippen LogP contribution in [-0.4, -0.2) is 17.6 Å². The summed E-state index contributed by atoms with van der Waals surface area (Å²) in [6.45, 7) is 4.05. The molecule has 3 aromatic rings. The number of carbonyl (C=O) groups excluding carboxylic acids is 1. The fourth-order valence-electron chi connectivity index (χ4n) is 2.74. The molecule has 4 nitrogen and oxygen atoms in total. The normalized spacial score (nSPS) is 11.9. The molecule has 0 saturated heterocycles. The molecule has 0 saturated carbocycles. The molecule has 0 aliphatic heterocycles. The molecule has 0 fully saturated rings. The van der Waals surface area contributed by atoms with E-state index in [0.29, 0.717) is 11.2 Å². The lowest BCUT2D eigenvalue weighted by atomic mass is 10.0. The first-order chi connectivity index (χ1) is 11.5. The van der Waals surface area contributed by atoms with E-state index in [9.17, 15) is 4.79 Å². The quantitative estimate of drug-likeness (QED) is 0.732. The van der Waals surface area contributed by atoms with Gasteiger partial charge in [-0.1, -0.05) is 41.2 Å². The SMILES string of the molecule is COc1cccc2sc(=NC(=O)Cc3cc(C)ccc3C)n(C)c12. The van der Waals surface area contributed by atoms with Crippen LogP contribution in [0.15, 0.2) is 41.4 Å². The highest BCUT2D eigenvalue weighted by molar-refractivity contribution is 7.16. The Labute approximate surface area is 145 Å². The lowest BCUT2D eigenvalue weighted by Gasteiger charge is -2.04. The molecule has 5 heteroatoms. The van der Waals surface area contributed by atoms with E-state index < -0.39 is 0 Å². The number of aromatic nitrogens is 1. The van der Waals surface area contributed by atoms with Crippen LogP contribution in [0.2, 0.25) is 0 Å². The molecule has 1 heterocycles. The van der Waals surface area contributed by atoms with Crippen LogP contribution in [0.1, 0.15) is 16.7 Å². The molecule has 124 valence electrons. The second-order valence-corrected chi connectivity index (χ2v) is 6.87. The number of fused-ring (bicyclic) bond motifs is 1. The van der Waals surface area contributed by atoms with E-state index in [-0.39, 0.29) is 5.91 Å². The van der Waals surface area contributed by atoms with Gasteiger partial charge in [0.05, 0.1) is 18.2 Å². The van der Waals surface area contributed by atoms with Crippen LogP contribution in [0.4, 0.5) is 0 Å². The second-order valence-electron chi connectivity index (χ2n) is 5.86. The molecule has 0 N–H and O–H groups in total. The van der Waals surface area contributed by atoms with Crippen LogP contribution in [0.3, 0.4) is 0 Å². The van der Waals surface area contributed by atoms with Crippen molar-refractivity contribution in [3.8, 4) is 5.75 Å². The largest absolute Gasteiger partial charge is 0.495 e. The molecule has 1 amide bonds. The van der Waals surface area contributed by atoms with Crippen molar-refractivity contribution in [1.29, 1.82) is 0 Å². The number of hydrogen-bond acceptors (Lipinski definition) is 3. The van der Waals surface area contributed by atoms with Crippen molar-refractivity contribution in [2.24, 2.45) is 12.0 Å². The highest BCUT2D eigenvalue weighted by Crippen LogP contribution is 2.26. The number of methoxy groups -OCH3 is 1. The molecule has 0 spiro atoms. The Balaban J connectivity index is 1.99. The third-order valence-corrected chi connectivity index (χ3v) is 5.17. The molecule has 0 atom stereocenters. The van der Waals surface area contributed by atoms with Gasteiger partial charge in [0, 0.05) is 7.05 Å². The summed E-state index contributed by atoms with van der Waals surface area (Å²) in [5.41, 5.74) is 4.26. The van der Waals surface area contributed by atoms with E-state index in [2.05, 4.69) is 17.1 Å². The van der Waals surface area contributed by atoms with Crippen LogP contribution in [-0.2, 0) is 18.3 Å². The number of amides is 1. The van der Waals surface area contributed by atoms with Gasteiger partial charge < -0.3 is 9.30 Å². The summed E-state index contributed by atoms with van der Waals surface area (Å²) >= 11 is 1.50. The van der Waals surface area contributed by atoms with E-state index >= 15 is 0 Å². The van der Waals surface area contributed by atoms with Gasteiger partial charge in [0.2, 0.25) is 0 Å². The Hall–Kier alpha value is -2.40. The number of benzene rings is 2. The molecular weight excluding hydrogens is 320 g/mol. The zero-order valence-corrected chi connectivity index (χ0v) is 15.1. The molecule has 0 radical (unpaired) electrons. The standard InChI is InChI=1S/C19H20N2O2S/c1-12-8-9-13(2)14(10-12)11-17(22)20-19-21(3)18-15(23-4)6-5-7-16(18)24-19/h5-10H,11H2,1-4H3. The third-order valence-electron chi connectivity index (χ3n) is 4.07. The fourth-order valence-corrected chi connectivity index (χ4v) is 3.79. The molecule has 0 bridgehead atoms. The highest BCUT2D eigenvalue weighted by Gasteiger charge is 2.10. The lowest BCUT2D eigenvalue weighted by Crippen LogP contribution is -2.14. The number of hydrogen-bond donors (Lipinski definition) is 0. The number of thiazole rings is 1. The first kappa shape index (κ1) is 16.5. The number of carbonyl (C=O) groups is 1. The Bertz CT molecular complexity index is 983. The first-order valence-corrected chi connectivity index (χ1v) is 8.57. The highest BCUT2D eigenvalue weighted by atomic mass is 32.1. The molecule has 24 heavy (non-hydrogen) atoms. The van der Waals surface area contributed by atoms with Gasteiger partial charge in [0.1, 0.15) is 11.3 Å². The van der Waals surface area contributed by atoms with Crippen LogP contribution < -0.4 is 9.54 Å². The fraction of sp³-hybridized carbons (Fsp3) is 0.263. The molecule has 0 unspecified atom stereocenters. The number of nitrogens with zero attached hydrogens (tertiary/aromatic N) is 2. The van der Waals surface area contributed by atoms with Gasteiger partial charge in [-0.2, -0.15) is 4.99 Å². The maximum atomic E-state index is 12.4. The second kappa shape index (κ2) is 6.61. The van der Waals surface area contributed by atoms with Gasteiger partial charge >= 0.3 is 0 Å². The van der Waals surface area contributed by atoms with Crippen LogP contribution in [0, 0.1) is 13.8 Å². The van der Waals surface area contributed by atoms with Gasteiger partial charge in [-0.05, 0) is 37.1 Å².